The predicted octanol–water partition coefficient (Wildman–Crippen LogP) is 0.879. The van der Waals surface area contributed by atoms with Crippen molar-refractivity contribution in [3.63, 3.8) is 0 Å². The van der Waals surface area contributed by atoms with Gasteiger partial charge >= 0.3 is 0 Å². The van der Waals surface area contributed by atoms with Gasteiger partial charge in [0.05, 0.1) is 4.92 Å². The highest BCUT2D eigenvalue weighted by Crippen LogP contribution is 2.26. The van der Waals surface area contributed by atoms with Crippen molar-refractivity contribution in [1.82, 2.24) is 10.6 Å². The Morgan fingerprint density at radius 3 is 2.81 bits per heavy atom. The van der Waals surface area contributed by atoms with Crippen molar-refractivity contribution in [3.05, 3.63) is 39.4 Å². The van der Waals surface area contributed by atoms with E-state index in [2.05, 4.69) is 15.6 Å². The minimum Gasteiger partial charge on any atom is -0.367 e. The lowest BCUT2D eigenvalue weighted by Gasteiger charge is -2.27. The maximum Gasteiger partial charge on any atom is 0.281 e. The van der Waals surface area contributed by atoms with Crippen LogP contribution in [0.2, 0.25) is 0 Å². The summed E-state index contributed by atoms with van der Waals surface area (Å²) in [7, 11) is 0. The van der Waals surface area contributed by atoms with Crippen molar-refractivity contribution >= 4 is 17.3 Å². The number of fused-ring (bicyclic) bond motifs is 1. The average molecular weight is 288 g/mol. The summed E-state index contributed by atoms with van der Waals surface area (Å²) in [5, 5.41) is 17.7. The van der Waals surface area contributed by atoms with Gasteiger partial charge in [-0.25, -0.2) is 0 Å². The Morgan fingerprint density at radius 2 is 2.10 bits per heavy atom. The molecule has 1 aromatic carbocycles. The number of nitrogens with zero attached hydrogens (tertiary/aromatic N) is 2. The first-order valence-corrected chi connectivity index (χ1v) is 6.99. The molecule has 0 spiro atoms. The molecule has 110 valence electrons. The van der Waals surface area contributed by atoms with Crippen LogP contribution in [0, 0.1) is 10.1 Å². The SMILES string of the molecule is O=C1CN=C(NC2CCNCC2)c2cccc([N+](=O)[O-])c21. The van der Waals surface area contributed by atoms with Crippen LogP contribution in [0.4, 0.5) is 5.69 Å². The number of nitro groups is 1. The number of carbonyl (C=O) groups is 1. The molecule has 1 saturated heterocycles. The number of hydrogen-bond acceptors (Lipinski definition) is 6. The standard InChI is InChI=1S/C14H16N4O3/c19-12-8-16-14(17-9-4-6-15-7-5-9)10-2-1-3-11(13(10)12)18(20)21/h1-3,9,15H,4-8H2,(H,16,17). The van der Waals surface area contributed by atoms with Gasteiger partial charge in [-0.3, -0.25) is 19.9 Å². The summed E-state index contributed by atoms with van der Waals surface area (Å²) < 4.78 is 0. The highest BCUT2D eigenvalue weighted by atomic mass is 16.6. The molecular formula is C14H16N4O3. The third kappa shape index (κ3) is 2.64. The average Bonchev–Trinajstić information content (AvgIpc) is 2.50. The lowest BCUT2D eigenvalue weighted by atomic mass is 9.97. The molecule has 2 aliphatic rings. The molecule has 0 radical (unpaired) electrons. The third-order valence-electron chi connectivity index (χ3n) is 3.83. The molecule has 1 aromatic rings. The maximum absolute atomic E-state index is 12.0. The molecule has 21 heavy (non-hydrogen) atoms. The molecule has 7 heteroatoms. The van der Waals surface area contributed by atoms with E-state index in [1.807, 2.05) is 0 Å². The number of ketones is 1. The number of nitrogens with one attached hydrogen (secondary N) is 2. The number of carbonyl (C=O) groups excluding carboxylic acids is 1. The number of aliphatic imine (C=N–C) groups is 1. The molecule has 0 bridgehead atoms. The second kappa shape index (κ2) is 5.61. The summed E-state index contributed by atoms with van der Waals surface area (Å²) in [6.45, 7) is 1.84. The van der Waals surface area contributed by atoms with Crippen LogP contribution in [-0.2, 0) is 0 Å². The quantitative estimate of drug-likeness (QED) is 0.622. The molecule has 7 nitrogen and oxygen atoms in total. The Labute approximate surface area is 121 Å². The van der Waals surface area contributed by atoms with E-state index >= 15 is 0 Å². The van der Waals surface area contributed by atoms with Crippen LogP contribution in [-0.4, -0.2) is 42.2 Å². The van der Waals surface area contributed by atoms with Crippen LogP contribution in [0.25, 0.3) is 0 Å². The minimum atomic E-state index is -0.510. The largest absolute Gasteiger partial charge is 0.367 e. The van der Waals surface area contributed by atoms with Crippen LogP contribution >= 0.6 is 0 Å². The number of Topliss-reactive ketones (excluding diaryl/α,β-unsaturated/α-hetero) is 1. The van der Waals surface area contributed by atoms with Crippen molar-refractivity contribution < 1.29 is 9.72 Å². The number of benzene rings is 1. The van der Waals surface area contributed by atoms with E-state index < -0.39 is 4.92 Å². The summed E-state index contributed by atoms with van der Waals surface area (Å²) in [5.74, 6) is 0.299. The maximum atomic E-state index is 12.0. The highest BCUT2D eigenvalue weighted by Gasteiger charge is 2.29. The summed E-state index contributed by atoms with van der Waals surface area (Å²) >= 11 is 0. The molecule has 0 aromatic heterocycles. The van der Waals surface area contributed by atoms with Crippen LogP contribution in [0.5, 0.6) is 0 Å². The zero-order chi connectivity index (χ0) is 14.8. The van der Waals surface area contributed by atoms with E-state index in [1.165, 1.54) is 6.07 Å². The van der Waals surface area contributed by atoms with Gasteiger partial charge < -0.3 is 10.6 Å². The molecule has 2 heterocycles. The second-order valence-corrected chi connectivity index (χ2v) is 5.21. The fourth-order valence-electron chi connectivity index (χ4n) is 2.78. The van der Waals surface area contributed by atoms with Crippen molar-refractivity contribution in [2.24, 2.45) is 4.99 Å². The van der Waals surface area contributed by atoms with Crippen molar-refractivity contribution in [3.8, 4) is 0 Å². The molecule has 2 N–H and O–H groups in total. The Balaban J connectivity index is 1.93. The van der Waals surface area contributed by atoms with Gasteiger partial charge in [0.15, 0.2) is 5.78 Å². The van der Waals surface area contributed by atoms with E-state index in [9.17, 15) is 14.9 Å². The van der Waals surface area contributed by atoms with Crippen LogP contribution in [0.3, 0.4) is 0 Å². The molecular weight excluding hydrogens is 272 g/mol. The number of hydrogen-bond donors (Lipinski definition) is 2. The smallest absolute Gasteiger partial charge is 0.281 e. The van der Waals surface area contributed by atoms with Gasteiger partial charge in [0.25, 0.3) is 5.69 Å². The van der Waals surface area contributed by atoms with Gasteiger partial charge in [0, 0.05) is 17.7 Å². The van der Waals surface area contributed by atoms with Crippen LogP contribution in [0.15, 0.2) is 23.2 Å². The predicted molar refractivity (Wildman–Crippen MR) is 77.9 cm³/mol. The van der Waals surface area contributed by atoms with Gasteiger partial charge in [0.2, 0.25) is 0 Å². The summed E-state index contributed by atoms with van der Waals surface area (Å²) in [6.07, 6.45) is 1.94. The lowest BCUT2D eigenvalue weighted by molar-refractivity contribution is -0.385. The zero-order valence-electron chi connectivity index (χ0n) is 11.5. The summed E-state index contributed by atoms with van der Waals surface area (Å²) in [5.41, 5.74) is 0.574. The first-order valence-electron chi connectivity index (χ1n) is 6.99. The molecule has 0 atom stereocenters. The molecule has 3 rings (SSSR count). The van der Waals surface area contributed by atoms with Crippen LogP contribution < -0.4 is 10.6 Å². The van der Waals surface area contributed by atoms with E-state index in [0.717, 1.165) is 25.9 Å². The Bertz CT molecular complexity index is 621. The monoisotopic (exact) mass is 288 g/mol. The number of amidine groups is 1. The van der Waals surface area contributed by atoms with E-state index in [-0.39, 0.29) is 29.6 Å². The molecule has 0 aliphatic carbocycles. The van der Waals surface area contributed by atoms with Crippen LogP contribution in [0.1, 0.15) is 28.8 Å². The van der Waals surface area contributed by atoms with Crippen molar-refractivity contribution in [2.75, 3.05) is 19.6 Å². The van der Waals surface area contributed by atoms with Gasteiger partial charge in [-0.05, 0) is 25.9 Å². The fraction of sp³-hybridized carbons (Fsp3) is 0.429. The molecule has 2 aliphatic heterocycles. The Morgan fingerprint density at radius 1 is 1.33 bits per heavy atom. The molecule has 1 fully saturated rings. The van der Waals surface area contributed by atoms with Crippen molar-refractivity contribution in [1.29, 1.82) is 0 Å². The normalized spacial score (nSPS) is 18.9. The summed E-state index contributed by atoms with van der Waals surface area (Å²) in [6, 6.07) is 4.96. The van der Waals surface area contributed by atoms with Gasteiger partial charge in [-0.2, -0.15) is 0 Å². The topological polar surface area (TPSA) is 96.6 Å². The Kier molecular flexibility index (Phi) is 3.66. The lowest BCUT2D eigenvalue weighted by Crippen LogP contribution is -2.44. The van der Waals surface area contributed by atoms with E-state index in [4.69, 9.17) is 0 Å². The molecule has 0 saturated carbocycles. The number of piperidine rings is 1. The first-order chi connectivity index (χ1) is 10.2. The van der Waals surface area contributed by atoms with Gasteiger partial charge in [-0.1, -0.05) is 12.1 Å². The fourth-order valence-corrected chi connectivity index (χ4v) is 2.78. The Hall–Kier alpha value is -2.28. The molecule has 0 amide bonds. The third-order valence-corrected chi connectivity index (χ3v) is 3.83. The van der Waals surface area contributed by atoms with Crippen molar-refractivity contribution in [2.45, 2.75) is 18.9 Å². The van der Waals surface area contributed by atoms with Gasteiger partial charge in [0.1, 0.15) is 17.9 Å². The van der Waals surface area contributed by atoms with Gasteiger partial charge in [-0.15, -0.1) is 0 Å². The number of nitro benzene ring substituents is 1. The summed E-state index contributed by atoms with van der Waals surface area (Å²) in [4.78, 5) is 26.8. The number of rotatable bonds is 2. The zero-order valence-corrected chi connectivity index (χ0v) is 11.5. The highest BCUT2D eigenvalue weighted by molar-refractivity contribution is 6.16. The van der Waals surface area contributed by atoms with E-state index in [1.54, 1.807) is 12.1 Å². The second-order valence-electron chi connectivity index (χ2n) is 5.21. The minimum absolute atomic E-state index is 0.0366. The van der Waals surface area contributed by atoms with E-state index in [0.29, 0.717) is 11.4 Å². The first kappa shape index (κ1) is 13.7. The molecule has 0 unspecified atom stereocenters.